The van der Waals surface area contributed by atoms with Crippen LogP contribution in [0.5, 0.6) is 0 Å². The normalized spacial score (nSPS) is 15.0. The lowest BCUT2D eigenvalue weighted by Gasteiger charge is -2.34. The summed E-state index contributed by atoms with van der Waals surface area (Å²) in [6, 6.07) is 14.4. The quantitative estimate of drug-likeness (QED) is 0.481. The second-order valence-corrected chi connectivity index (χ2v) is 12.1. The zero-order chi connectivity index (χ0) is 27.2. The Hall–Kier alpha value is -2.91. The summed E-state index contributed by atoms with van der Waals surface area (Å²) in [6.07, 6.45) is 4.47. The molecule has 0 radical (unpaired) electrons. The number of amides is 2. The lowest BCUT2D eigenvalue weighted by Crippen LogP contribution is -2.54. The van der Waals surface area contributed by atoms with Crippen LogP contribution in [-0.2, 0) is 26.3 Å². The molecule has 1 N–H and O–H groups in total. The molecule has 1 fully saturated rings. The largest absolute Gasteiger partial charge is 0.352 e. The summed E-state index contributed by atoms with van der Waals surface area (Å²) in [7, 11) is -1.09. The van der Waals surface area contributed by atoms with Crippen LogP contribution < -0.4 is 9.62 Å². The summed E-state index contributed by atoms with van der Waals surface area (Å²) < 4.78 is 29.1. The van der Waals surface area contributed by atoms with Gasteiger partial charge in [0.2, 0.25) is 11.8 Å². The molecule has 0 heterocycles. The third kappa shape index (κ3) is 7.11. The van der Waals surface area contributed by atoms with Gasteiger partial charge in [-0.25, -0.2) is 4.31 Å². The van der Waals surface area contributed by atoms with Gasteiger partial charge < -0.3 is 10.2 Å². The van der Waals surface area contributed by atoms with Gasteiger partial charge in [0, 0.05) is 26.7 Å². The number of carbonyl (C=O) groups is 2. The highest BCUT2D eigenvalue weighted by atomic mass is 32.2. The van der Waals surface area contributed by atoms with E-state index in [9.17, 15) is 18.0 Å². The molecule has 2 aromatic rings. The zero-order valence-corrected chi connectivity index (χ0v) is 23.4. The number of aryl methyl sites for hydroxylation is 2. The molecule has 202 valence electrons. The molecule has 9 heteroatoms. The second kappa shape index (κ2) is 12.6. The van der Waals surface area contributed by atoms with E-state index < -0.39 is 28.7 Å². The van der Waals surface area contributed by atoms with Crippen molar-refractivity contribution in [3.05, 3.63) is 65.2 Å². The van der Waals surface area contributed by atoms with Crippen LogP contribution in [0.3, 0.4) is 0 Å². The summed E-state index contributed by atoms with van der Waals surface area (Å²) in [5.41, 5.74) is 2.95. The Morgan fingerprint density at radius 3 is 2.27 bits per heavy atom. The van der Waals surface area contributed by atoms with Crippen LogP contribution in [0.4, 0.5) is 5.69 Å². The van der Waals surface area contributed by atoms with Crippen LogP contribution in [-0.4, -0.2) is 62.2 Å². The Morgan fingerprint density at radius 2 is 1.68 bits per heavy atom. The first-order valence-corrected chi connectivity index (χ1v) is 14.4. The van der Waals surface area contributed by atoms with Gasteiger partial charge in [0.25, 0.3) is 0 Å². The number of hydrogen-bond acceptors (Lipinski definition) is 4. The third-order valence-corrected chi connectivity index (χ3v) is 8.74. The summed E-state index contributed by atoms with van der Waals surface area (Å²) in [6.45, 7) is 5.38. The Balaban J connectivity index is 1.98. The van der Waals surface area contributed by atoms with E-state index in [0.717, 1.165) is 51.0 Å². The van der Waals surface area contributed by atoms with Gasteiger partial charge in [-0.3, -0.25) is 9.59 Å². The SMILES string of the molecule is CC[C@H](C(=O)NC1CCCC1)N(Cc1ccccc1)C(=O)CN(c1cc(C)ccc1C)S(=O)(=O)N(C)C. The van der Waals surface area contributed by atoms with Crippen molar-refractivity contribution in [2.75, 3.05) is 24.9 Å². The van der Waals surface area contributed by atoms with Gasteiger partial charge >= 0.3 is 10.2 Å². The maximum absolute atomic E-state index is 14.0. The number of nitrogens with one attached hydrogen (secondary N) is 1. The van der Waals surface area contributed by atoms with Gasteiger partial charge in [0.05, 0.1) is 5.69 Å². The van der Waals surface area contributed by atoms with E-state index in [-0.39, 0.29) is 18.5 Å². The minimum absolute atomic E-state index is 0.121. The number of anilines is 1. The highest BCUT2D eigenvalue weighted by molar-refractivity contribution is 7.90. The molecule has 1 saturated carbocycles. The predicted octanol–water partition coefficient (Wildman–Crippen LogP) is 3.78. The fourth-order valence-electron chi connectivity index (χ4n) is 4.76. The molecule has 0 spiro atoms. The minimum atomic E-state index is -3.99. The van der Waals surface area contributed by atoms with Gasteiger partial charge in [-0.15, -0.1) is 0 Å². The van der Waals surface area contributed by atoms with Crippen molar-refractivity contribution in [1.29, 1.82) is 0 Å². The maximum atomic E-state index is 14.0. The van der Waals surface area contributed by atoms with Crippen LogP contribution in [0.15, 0.2) is 48.5 Å². The van der Waals surface area contributed by atoms with Gasteiger partial charge in [-0.2, -0.15) is 12.7 Å². The first-order chi connectivity index (χ1) is 17.5. The number of nitrogens with zero attached hydrogens (tertiary/aromatic N) is 3. The first-order valence-electron chi connectivity index (χ1n) is 13.0. The molecule has 2 amide bonds. The molecule has 0 saturated heterocycles. The third-order valence-electron chi connectivity index (χ3n) is 6.94. The Labute approximate surface area is 221 Å². The molecule has 0 aliphatic heterocycles. The standard InChI is InChI=1S/C28H40N4O4S/c1-6-25(28(34)29-24-14-10-11-15-24)31(19-23-12-8-7-9-13-23)27(33)20-32(37(35,36)30(4)5)26-18-21(2)16-17-22(26)3/h7-9,12-13,16-18,24-25H,6,10-11,14-15,19-20H2,1-5H3,(H,29,34)/t25-/m1/s1. The summed E-state index contributed by atoms with van der Waals surface area (Å²) in [5.74, 6) is -0.615. The number of carbonyl (C=O) groups excluding carboxylic acids is 2. The molecule has 0 aromatic heterocycles. The van der Waals surface area contributed by atoms with Crippen molar-refractivity contribution in [2.45, 2.75) is 71.5 Å². The van der Waals surface area contributed by atoms with E-state index in [1.807, 2.05) is 63.2 Å². The van der Waals surface area contributed by atoms with E-state index in [4.69, 9.17) is 0 Å². The molecular weight excluding hydrogens is 488 g/mol. The monoisotopic (exact) mass is 528 g/mol. The zero-order valence-electron chi connectivity index (χ0n) is 22.6. The lowest BCUT2D eigenvalue weighted by atomic mass is 10.1. The fraction of sp³-hybridized carbons (Fsp3) is 0.500. The van der Waals surface area contributed by atoms with E-state index in [2.05, 4.69) is 5.32 Å². The molecule has 1 atom stereocenters. The first kappa shape index (κ1) is 28.7. The van der Waals surface area contributed by atoms with Crippen LogP contribution in [0.2, 0.25) is 0 Å². The Bertz CT molecular complexity index is 1180. The summed E-state index contributed by atoms with van der Waals surface area (Å²) in [4.78, 5) is 28.9. The van der Waals surface area contributed by atoms with E-state index in [0.29, 0.717) is 12.1 Å². The van der Waals surface area contributed by atoms with Crippen molar-refractivity contribution in [3.8, 4) is 0 Å². The van der Waals surface area contributed by atoms with Gasteiger partial charge in [0.15, 0.2) is 0 Å². The molecule has 0 unspecified atom stereocenters. The van der Waals surface area contributed by atoms with E-state index >= 15 is 0 Å². The molecule has 2 aromatic carbocycles. The van der Waals surface area contributed by atoms with Crippen LogP contribution in [0, 0.1) is 13.8 Å². The average molecular weight is 529 g/mol. The molecule has 1 aliphatic rings. The fourth-order valence-corrected chi connectivity index (χ4v) is 5.87. The summed E-state index contributed by atoms with van der Waals surface area (Å²) in [5, 5.41) is 3.13. The van der Waals surface area contributed by atoms with Gasteiger partial charge in [0.1, 0.15) is 12.6 Å². The second-order valence-electron chi connectivity index (χ2n) is 10.0. The smallest absolute Gasteiger partial charge is 0.304 e. The van der Waals surface area contributed by atoms with E-state index in [1.165, 1.54) is 19.0 Å². The topological polar surface area (TPSA) is 90.0 Å². The Morgan fingerprint density at radius 1 is 1.03 bits per heavy atom. The number of rotatable bonds is 11. The van der Waals surface area contributed by atoms with Gasteiger partial charge in [-0.05, 0) is 55.9 Å². The molecule has 0 bridgehead atoms. The predicted molar refractivity (Wildman–Crippen MR) is 147 cm³/mol. The number of benzene rings is 2. The molecule has 37 heavy (non-hydrogen) atoms. The minimum Gasteiger partial charge on any atom is -0.352 e. The molecule has 3 rings (SSSR count). The lowest BCUT2D eigenvalue weighted by molar-refractivity contribution is -0.140. The Kier molecular flexibility index (Phi) is 9.73. The summed E-state index contributed by atoms with van der Waals surface area (Å²) >= 11 is 0. The maximum Gasteiger partial charge on any atom is 0.304 e. The molecule has 1 aliphatic carbocycles. The van der Waals surface area contributed by atoms with Crippen molar-refractivity contribution in [3.63, 3.8) is 0 Å². The van der Waals surface area contributed by atoms with Crippen LogP contribution in [0.25, 0.3) is 0 Å². The van der Waals surface area contributed by atoms with Crippen LogP contribution in [0.1, 0.15) is 55.7 Å². The van der Waals surface area contributed by atoms with Crippen molar-refractivity contribution < 1.29 is 18.0 Å². The highest BCUT2D eigenvalue weighted by Crippen LogP contribution is 2.26. The molecular formula is C28H40N4O4S. The van der Waals surface area contributed by atoms with Crippen LogP contribution >= 0.6 is 0 Å². The van der Waals surface area contributed by atoms with Crippen molar-refractivity contribution >= 4 is 27.7 Å². The van der Waals surface area contributed by atoms with Crippen molar-refractivity contribution in [2.24, 2.45) is 0 Å². The number of hydrogen-bond donors (Lipinski definition) is 1. The van der Waals surface area contributed by atoms with Crippen molar-refractivity contribution in [1.82, 2.24) is 14.5 Å². The van der Waals surface area contributed by atoms with Gasteiger partial charge in [-0.1, -0.05) is 62.2 Å². The highest BCUT2D eigenvalue weighted by Gasteiger charge is 2.35. The average Bonchev–Trinajstić information content (AvgIpc) is 3.37. The molecule has 8 nitrogen and oxygen atoms in total. The van der Waals surface area contributed by atoms with E-state index in [1.54, 1.807) is 6.07 Å².